The summed E-state index contributed by atoms with van der Waals surface area (Å²) >= 11 is 0. The monoisotopic (exact) mass is 833 g/mol. The van der Waals surface area contributed by atoms with Crippen LogP contribution < -0.4 is 9.64 Å². The summed E-state index contributed by atoms with van der Waals surface area (Å²) in [5.74, 6) is 0.856. The third-order valence-corrected chi connectivity index (χ3v) is 13.2. The van der Waals surface area contributed by atoms with Crippen LogP contribution in [0.3, 0.4) is 0 Å². The van der Waals surface area contributed by atoms with E-state index >= 15 is 0 Å². The lowest BCUT2D eigenvalue weighted by Crippen LogP contribution is -2.19. The van der Waals surface area contributed by atoms with Crippen molar-refractivity contribution in [3.63, 3.8) is 0 Å². The number of nitrogens with zero attached hydrogens (tertiary/aromatic N) is 1. The predicted molar refractivity (Wildman–Crippen MR) is 270 cm³/mol. The maximum atomic E-state index is 14.5. The van der Waals surface area contributed by atoms with Crippen molar-refractivity contribution in [2.45, 2.75) is 12.0 Å². The molecule has 308 valence electrons. The smallest absolute Gasteiger partial charge is 0.187 e. The van der Waals surface area contributed by atoms with Gasteiger partial charge in [-0.2, -0.15) is 0 Å². The van der Waals surface area contributed by atoms with Crippen molar-refractivity contribution >= 4 is 44.3 Å². The van der Waals surface area contributed by atoms with Gasteiger partial charge in [0.25, 0.3) is 0 Å². The van der Waals surface area contributed by atoms with Crippen molar-refractivity contribution in [2.24, 2.45) is 0 Å². The molecule has 0 N–H and O–H groups in total. The van der Waals surface area contributed by atoms with Gasteiger partial charge in [0, 0.05) is 34.8 Å². The number of carbonyl (C=O) groups excluding carboxylic acids is 1. The lowest BCUT2D eigenvalue weighted by molar-refractivity contribution is 0.104. The van der Waals surface area contributed by atoms with E-state index in [2.05, 4.69) is 223 Å². The van der Waals surface area contributed by atoms with E-state index in [9.17, 15) is 4.79 Å². The third kappa shape index (κ3) is 6.81. The Morgan fingerprint density at radius 1 is 0.477 bits per heavy atom. The van der Waals surface area contributed by atoms with Crippen LogP contribution in [0.25, 0.3) is 71.6 Å². The number of hydrogen-bond donors (Lipinski definition) is 0. The first-order valence-electron chi connectivity index (χ1n) is 22.4. The maximum Gasteiger partial charge on any atom is 0.187 e. The fraction of sp³-hybridized carbons (Fsp3) is 0.0484. The molecule has 0 radical (unpaired) electrons. The minimum absolute atomic E-state index is 0.0415. The second-order valence-corrected chi connectivity index (χ2v) is 17.0. The Labute approximate surface area is 379 Å². The van der Waals surface area contributed by atoms with Crippen LogP contribution in [0.5, 0.6) is 5.75 Å². The van der Waals surface area contributed by atoms with Gasteiger partial charge in [-0.05, 0) is 120 Å². The number of rotatable bonds is 6. The van der Waals surface area contributed by atoms with Crippen molar-refractivity contribution in [3.05, 3.63) is 253 Å². The summed E-state index contributed by atoms with van der Waals surface area (Å²) in [7, 11) is 0. The molecular weight excluding hydrogens is 791 g/mol. The van der Waals surface area contributed by atoms with Gasteiger partial charge >= 0.3 is 0 Å². The highest BCUT2D eigenvalue weighted by Gasteiger charge is 2.36. The maximum absolute atomic E-state index is 14.5. The molecule has 0 saturated carbocycles. The van der Waals surface area contributed by atoms with E-state index in [0.717, 1.165) is 55.9 Å². The normalized spacial score (nSPS) is 16.3. The zero-order valence-electron chi connectivity index (χ0n) is 35.6. The SMILES string of the molecule is O=C1C=CC=CCN(c2ccc3c(-c4ccccc4)c4ccccc4c(-c4ccccc4)c3c2)c2ccc(-c3cc(-c4ccccc4)cc4c3OC3C=CC(c5ccccc5)=CC43)cc21. The van der Waals surface area contributed by atoms with Gasteiger partial charge in [0.2, 0.25) is 0 Å². The number of ether oxygens (including phenoxy) is 1. The molecular formula is C62H43NO2. The Hall–Kier alpha value is -8.27. The number of benzene rings is 9. The highest BCUT2D eigenvalue weighted by Crippen LogP contribution is 2.51. The van der Waals surface area contributed by atoms with Crippen molar-refractivity contribution < 1.29 is 9.53 Å². The second kappa shape index (κ2) is 16.1. The lowest BCUT2D eigenvalue weighted by Gasteiger charge is -2.27. The zero-order valence-corrected chi connectivity index (χ0v) is 35.6. The van der Waals surface area contributed by atoms with E-state index in [1.165, 1.54) is 44.0 Å². The van der Waals surface area contributed by atoms with Gasteiger partial charge in [-0.25, -0.2) is 0 Å². The van der Waals surface area contributed by atoms with Crippen molar-refractivity contribution in [1.82, 2.24) is 0 Å². The van der Waals surface area contributed by atoms with Gasteiger partial charge in [-0.15, -0.1) is 0 Å². The Bertz CT molecular complexity index is 3440. The van der Waals surface area contributed by atoms with Crippen molar-refractivity contribution in [2.75, 3.05) is 11.4 Å². The molecule has 2 unspecified atom stereocenters. The summed E-state index contributed by atoms with van der Waals surface area (Å²) in [5.41, 5.74) is 14.9. The highest BCUT2D eigenvalue weighted by atomic mass is 16.5. The Kier molecular flexibility index (Phi) is 9.53. The van der Waals surface area contributed by atoms with Crippen LogP contribution in [0.2, 0.25) is 0 Å². The number of anilines is 2. The number of hydrogen-bond acceptors (Lipinski definition) is 3. The zero-order chi connectivity index (χ0) is 43.3. The molecule has 0 aromatic heterocycles. The molecule has 2 heterocycles. The van der Waals surface area contributed by atoms with Gasteiger partial charge < -0.3 is 9.64 Å². The lowest BCUT2D eigenvalue weighted by atomic mass is 9.84. The number of fused-ring (bicyclic) bond motifs is 6. The molecule has 2 aliphatic heterocycles. The Morgan fingerprint density at radius 2 is 1.08 bits per heavy atom. The van der Waals surface area contributed by atoms with Crippen LogP contribution in [0.15, 0.2) is 237 Å². The predicted octanol–water partition coefficient (Wildman–Crippen LogP) is 15.6. The Morgan fingerprint density at radius 3 is 1.77 bits per heavy atom. The van der Waals surface area contributed by atoms with E-state index < -0.39 is 0 Å². The molecule has 9 aromatic carbocycles. The Balaban J connectivity index is 1.04. The van der Waals surface area contributed by atoms with Crippen LogP contribution in [-0.2, 0) is 0 Å². The molecule has 12 rings (SSSR count). The molecule has 3 heteroatoms. The molecule has 9 aromatic rings. The highest BCUT2D eigenvalue weighted by molar-refractivity contribution is 6.22. The van der Waals surface area contributed by atoms with E-state index in [1.807, 2.05) is 12.2 Å². The molecule has 65 heavy (non-hydrogen) atoms. The number of allylic oxidation sites excluding steroid dienone is 5. The van der Waals surface area contributed by atoms with Crippen LogP contribution >= 0.6 is 0 Å². The fourth-order valence-electron chi connectivity index (χ4n) is 10.2. The quantitative estimate of drug-likeness (QED) is 0.156. The topological polar surface area (TPSA) is 29.5 Å². The van der Waals surface area contributed by atoms with Gasteiger partial charge in [-0.1, -0.05) is 188 Å². The van der Waals surface area contributed by atoms with Crippen LogP contribution in [0, 0.1) is 0 Å². The van der Waals surface area contributed by atoms with Crippen LogP contribution in [0.4, 0.5) is 11.4 Å². The van der Waals surface area contributed by atoms with Gasteiger partial charge in [0.05, 0.1) is 5.69 Å². The summed E-state index contributed by atoms with van der Waals surface area (Å²) in [6, 6.07) is 69.0. The molecule has 0 saturated heterocycles. The molecule has 2 atom stereocenters. The van der Waals surface area contributed by atoms with Crippen LogP contribution in [-0.4, -0.2) is 18.4 Å². The van der Waals surface area contributed by atoms with Gasteiger partial charge in [-0.3, -0.25) is 4.79 Å². The second-order valence-electron chi connectivity index (χ2n) is 17.0. The van der Waals surface area contributed by atoms with E-state index in [1.54, 1.807) is 6.08 Å². The number of ketones is 1. The molecule has 0 spiro atoms. The van der Waals surface area contributed by atoms with E-state index in [4.69, 9.17) is 4.74 Å². The fourth-order valence-corrected chi connectivity index (χ4v) is 10.2. The third-order valence-electron chi connectivity index (χ3n) is 13.2. The molecule has 0 amide bonds. The number of carbonyl (C=O) groups is 1. The molecule has 0 bridgehead atoms. The summed E-state index contributed by atoms with van der Waals surface area (Å²) in [6.45, 7) is 0.572. The summed E-state index contributed by atoms with van der Waals surface area (Å²) < 4.78 is 6.91. The molecule has 0 fully saturated rings. The molecule has 3 nitrogen and oxygen atoms in total. The first-order valence-corrected chi connectivity index (χ1v) is 22.4. The van der Waals surface area contributed by atoms with E-state index in [-0.39, 0.29) is 17.8 Å². The van der Waals surface area contributed by atoms with Gasteiger partial charge in [0.1, 0.15) is 11.9 Å². The van der Waals surface area contributed by atoms with Crippen LogP contribution in [0.1, 0.15) is 27.4 Å². The first kappa shape index (κ1) is 38.4. The van der Waals surface area contributed by atoms with Gasteiger partial charge in [0.15, 0.2) is 5.78 Å². The van der Waals surface area contributed by atoms with Crippen molar-refractivity contribution in [1.29, 1.82) is 0 Å². The average Bonchev–Trinajstić information content (AvgIpc) is 3.78. The standard InChI is InChI=1S/C62H43NO2/c64-58-28-14-5-17-35-63(48-31-32-51-54(40-48)61(44-24-12-4-13-25-44)50-27-16-15-26-49(50)60(51)43-22-10-3-11-23-43)57-33-29-46(37-56(57)58)52-38-47(42-20-8-2-9-21-42)39-55-53-36-45(41-18-6-1-7-19-41)30-34-59(53)65-62(52)55/h1-34,36-40,53,59H,35H2. The first-order chi connectivity index (χ1) is 32.2. The van der Waals surface area contributed by atoms with Crippen molar-refractivity contribution in [3.8, 4) is 50.3 Å². The largest absolute Gasteiger partial charge is 0.484 e. The molecule has 1 aliphatic carbocycles. The summed E-state index contributed by atoms with van der Waals surface area (Å²) in [5, 5.41) is 4.75. The average molecular weight is 834 g/mol. The summed E-state index contributed by atoms with van der Waals surface area (Å²) in [4.78, 5) is 16.8. The minimum atomic E-state index is -0.130. The molecule has 3 aliphatic rings. The minimum Gasteiger partial charge on any atom is -0.484 e. The van der Waals surface area contributed by atoms with E-state index in [0.29, 0.717) is 12.1 Å². The summed E-state index contributed by atoms with van der Waals surface area (Å²) in [6.07, 6.45) is 14.3.